The molecule has 1 aliphatic rings. The summed E-state index contributed by atoms with van der Waals surface area (Å²) in [6, 6.07) is 14.2. The second-order valence-corrected chi connectivity index (χ2v) is 6.28. The van der Waals surface area contributed by atoms with Crippen molar-refractivity contribution in [3.05, 3.63) is 59.2 Å². The van der Waals surface area contributed by atoms with Gasteiger partial charge >= 0.3 is 0 Å². The van der Waals surface area contributed by atoms with Crippen molar-refractivity contribution in [2.24, 2.45) is 0 Å². The molecule has 0 bridgehead atoms. The molecule has 1 heterocycles. The van der Waals surface area contributed by atoms with Gasteiger partial charge in [-0.1, -0.05) is 35.9 Å². The van der Waals surface area contributed by atoms with Crippen molar-refractivity contribution in [2.45, 2.75) is 31.0 Å². The van der Waals surface area contributed by atoms with E-state index in [1.807, 2.05) is 32.0 Å². The molecule has 3 heteroatoms. The summed E-state index contributed by atoms with van der Waals surface area (Å²) in [5, 5.41) is 10.6. The molecule has 0 saturated heterocycles. The standard InChI is InChI=1S/C17H18O2S/c1-11-7-8-12(2)13(9-11)17(18)15-10-20-16-6-4-3-5-14(16)19-15/h3-9,15,17-18H,10H2,1-2H3. The van der Waals surface area contributed by atoms with E-state index in [9.17, 15) is 5.11 Å². The van der Waals surface area contributed by atoms with Gasteiger partial charge < -0.3 is 9.84 Å². The van der Waals surface area contributed by atoms with E-state index in [0.717, 1.165) is 33.1 Å². The van der Waals surface area contributed by atoms with Gasteiger partial charge in [0, 0.05) is 10.6 Å². The zero-order valence-electron chi connectivity index (χ0n) is 11.7. The number of rotatable bonds is 2. The molecule has 0 aromatic heterocycles. The predicted molar refractivity (Wildman–Crippen MR) is 82.5 cm³/mol. The van der Waals surface area contributed by atoms with E-state index >= 15 is 0 Å². The Hall–Kier alpha value is -1.45. The molecule has 0 spiro atoms. The number of aliphatic hydroxyl groups excluding tert-OH is 1. The molecule has 2 atom stereocenters. The maximum atomic E-state index is 10.6. The van der Waals surface area contributed by atoms with Crippen LogP contribution < -0.4 is 4.74 Å². The Morgan fingerprint density at radius 1 is 1.20 bits per heavy atom. The molecule has 104 valence electrons. The van der Waals surface area contributed by atoms with Crippen LogP contribution in [0.1, 0.15) is 22.8 Å². The summed E-state index contributed by atoms with van der Waals surface area (Å²) in [7, 11) is 0. The highest BCUT2D eigenvalue weighted by Crippen LogP contribution is 2.38. The first-order valence-electron chi connectivity index (χ1n) is 6.79. The topological polar surface area (TPSA) is 29.5 Å². The predicted octanol–water partition coefficient (Wildman–Crippen LogP) is 3.89. The van der Waals surface area contributed by atoms with Gasteiger partial charge in [-0.3, -0.25) is 0 Å². The largest absolute Gasteiger partial charge is 0.485 e. The van der Waals surface area contributed by atoms with Gasteiger partial charge in [-0.2, -0.15) is 0 Å². The van der Waals surface area contributed by atoms with Gasteiger partial charge in [0.15, 0.2) is 0 Å². The van der Waals surface area contributed by atoms with Crippen LogP contribution >= 0.6 is 11.8 Å². The zero-order chi connectivity index (χ0) is 14.1. The van der Waals surface area contributed by atoms with Crippen molar-refractivity contribution >= 4 is 11.8 Å². The minimum atomic E-state index is -0.587. The number of aliphatic hydroxyl groups is 1. The Balaban J connectivity index is 1.85. The van der Waals surface area contributed by atoms with Crippen molar-refractivity contribution in [1.82, 2.24) is 0 Å². The Morgan fingerprint density at radius 2 is 2.00 bits per heavy atom. The van der Waals surface area contributed by atoms with Crippen LogP contribution in [-0.2, 0) is 0 Å². The van der Waals surface area contributed by atoms with Crippen LogP contribution in [0.3, 0.4) is 0 Å². The van der Waals surface area contributed by atoms with E-state index in [1.54, 1.807) is 11.8 Å². The summed E-state index contributed by atoms with van der Waals surface area (Å²) in [6.45, 7) is 4.07. The van der Waals surface area contributed by atoms with Crippen molar-refractivity contribution in [1.29, 1.82) is 0 Å². The number of fused-ring (bicyclic) bond motifs is 1. The van der Waals surface area contributed by atoms with Crippen LogP contribution in [-0.4, -0.2) is 17.0 Å². The lowest BCUT2D eigenvalue weighted by Gasteiger charge is -2.30. The summed E-state index contributed by atoms with van der Waals surface area (Å²) in [5.74, 6) is 1.64. The Bertz CT molecular complexity index is 624. The molecule has 2 aromatic carbocycles. The van der Waals surface area contributed by atoms with Crippen molar-refractivity contribution in [2.75, 3.05) is 5.75 Å². The summed E-state index contributed by atoms with van der Waals surface area (Å²) in [6.07, 6.45) is -0.786. The van der Waals surface area contributed by atoms with E-state index in [1.165, 1.54) is 0 Å². The van der Waals surface area contributed by atoms with Gasteiger partial charge in [0.25, 0.3) is 0 Å². The fourth-order valence-corrected chi connectivity index (χ4v) is 3.50. The van der Waals surface area contributed by atoms with E-state index in [2.05, 4.69) is 24.3 Å². The highest BCUT2D eigenvalue weighted by molar-refractivity contribution is 7.99. The van der Waals surface area contributed by atoms with E-state index in [4.69, 9.17) is 4.74 Å². The summed E-state index contributed by atoms with van der Waals surface area (Å²) < 4.78 is 5.97. The molecule has 0 aliphatic carbocycles. The minimum Gasteiger partial charge on any atom is -0.485 e. The first kappa shape index (κ1) is 13.5. The molecule has 20 heavy (non-hydrogen) atoms. The third-order valence-corrected chi connectivity index (χ3v) is 4.78. The molecule has 2 nitrogen and oxygen atoms in total. The summed E-state index contributed by atoms with van der Waals surface area (Å²) >= 11 is 1.74. The van der Waals surface area contributed by atoms with Crippen LogP contribution in [0.25, 0.3) is 0 Å². The Morgan fingerprint density at radius 3 is 2.85 bits per heavy atom. The molecule has 2 aromatic rings. The zero-order valence-corrected chi connectivity index (χ0v) is 12.5. The molecule has 1 N–H and O–H groups in total. The molecule has 0 amide bonds. The van der Waals surface area contributed by atoms with E-state index < -0.39 is 6.10 Å². The minimum absolute atomic E-state index is 0.199. The van der Waals surface area contributed by atoms with E-state index in [0.29, 0.717) is 0 Å². The maximum Gasteiger partial charge on any atom is 0.138 e. The maximum absolute atomic E-state index is 10.6. The summed E-state index contributed by atoms with van der Waals surface area (Å²) in [4.78, 5) is 1.15. The first-order valence-corrected chi connectivity index (χ1v) is 7.77. The number of ether oxygens (including phenoxy) is 1. The molecule has 1 aliphatic heterocycles. The molecule has 0 radical (unpaired) electrons. The molecular formula is C17H18O2S. The fraction of sp³-hybridized carbons (Fsp3) is 0.294. The average molecular weight is 286 g/mol. The quantitative estimate of drug-likeness (QED) is 0.908. The molecular weight excluding hydrogens is 268 g/mol. The Labute approximate surface area is 123 Å². The molecule has 2 unspecified atom stereocenters. The highest BCUT2D eigenvalue weighted by Gasteiger charge is 2.28. The van der Waals surface area contributed by atoms with Crippen LogP contribution in [0.15, 0.2) is 47.4 Å². The smallest absolute Gasteiger partial charge is 0.138 e. The van der Waals surface area contributed by atoms with Gasteiger partial charge in [0.1, 0.15) is 18.0 Å². The Kier molecular flexibility index (Phi) is 3.72. The number of para-hydroxylation sites is 1. The number of aryl methyl sites for hydroxylation is 2. The third kappa shape index (κ3) is 2.56. The highest BCUT2D eigenvalue weighted by atomic mass is 32.2. The SMILES string of the molecule is Cc1ccc(C)c(C(O)C2CSc3ccccc3O2)c1. The van der Waals surface area contributed by atoms with Gasteiger partial charge in [-0.25, -0.2) is 0 Å². The van der Waals surface area contributed by atoms with Gasteiger partial charge in [-0.15, -0.1) is 11.8 Å². The van der Waals surface area contributed by atoms with Crippen LogP contribution in [0.4, 0.5) is 0 Å². The number of thioether (sulfide) groups is 1. The lowest BCUT2D eigenvalue weighted by atomic mass is 9.98. The first-order chi connectivity index (χ1) is 9.65. The van der Waals surface area contributed by atoms with E-state index in [-0.39, 0.29) is 6.10 Å². The number of benzene rings is 2. The lowest BCUT2D eigenvalue weighted by Crippen LogP contribution is -2.30. The molecule has 3 rings (SSSR count). The van der Waals surface area contributed by atoms with Crippen molar-refractivity contribution in [3.63, 3.8) is 0 Å². The monoisotopic (exact) mass is 286 g/mol. The van der Waals surface area contributed by atoms with Crippen LogP contribution in [0.2, 0.25) is 0 Å². The van der Waals surface area contributed by atoms with Gasteiger partial charge in [0.2, 0.25) is 0 Å². The van der Waals surface area contributed by atoms with Crippen LogP contribution in [0, 0.1) is 13.8 Å². The summed E-state index contributed by atoms with van der Waals surface area (Å²) in [5.41, 5.74) is 3.24. The van der Waals surface area contributed by atoms with Crippen molar-refractivity contribution in [3.8, 4) is 5.75 Å². The van der Waals surface area contributed by atoms with Gasteiger partial charge in [0.05, 0.1) is 0 Å². The second-order valence-electron chi connectivity index (χ2n) is 5.22. The van der Waals surface area contributed by atoms with Crippen molar-refractivity contribution < 1.29 is 9.84 Å². The van der Waals surface area contributed by atoms with Gasteiger partial charge in [-0.05, 0) is 37.1 Å². The average Bonchev–Trinajstić information content (AvgIpc) is 2.48. The normalized spacial score (nSPS) is 19.1. The number of hydrogen-bond donors (Lipinski definition) is 1. The third-order valence-electron chi connectivity index (χ3n) is 3.64. The molecule has 0 fully saturated rings. The number of hydrogen-bond acceptors (Lipinski definition) is 3. The lowest BCUT2D eigenvalue weighted by molar-refractivity contribution is 0.0453. The molecule has 0 saturated carbocycles. The fourth-order valence-electron chi connectivity index (χ4n) is 2.47. The second kappa shape index (κ2) is 5.51. The van der Waals surface area contributed by atoms with Crippen LogP contribution in [0.5, 0.6) is 5.75 Å².